The molecule has 0 aliphatic carbocycles. The third kappa shape index (κ3) is 13.0. The summed E-state index contributed by atoms with van der Waals surface area (Å²) in [4.78, 5) is 0. The molecule has 0 spiro atoms. The third-order valence-corrected chi connectivity index (χ3v) is 2.00. The molecule has 0 heteroatoms. The summed E-state index contributed by atoms with van der Waals surface area (Å²) in [5.74, 6) is 0. The van der Waals surface area contributed by atoms with Gasteiger partial charge in [0.05, 0.1) is 0 Å². The Morgan fingerprint density at radius 1 is 0.800 bits per heavy atom. The van der Waals surface area contributed by atoms with E-state index in [1.807, 2.05) is 18.2 Å². The first kappa shape index (κ1) is 14.0. The molecule has 0 aliphatic rings. The molecule has 0 aliphatic heterocycles. The van der Waals surface area contributed by atoms with Crippen LogP contribution in [0.1, 0.15) is 39.0 Å². The van der Waals surface area contributed by atoms with Gasteiger partial charge < -0.3 is 0 Å². The summed E-state index contributed by atoms with van der Waals surface area (Å²) in [5.41, 5.74) is 0. The molecule has 0 rings (SSSR count). The lowest BCUT2D eigenvalue weighted by Gasteiger charge is -1.88. The van der Waals surface area contributed by atoms with E-state index < -0.39 is 0 Å². The summed E-state index contributed by atoms with van der Waals surface area (Å²) in [7, 11) is 0. The Labute approximate surface area is 95.1 Å². The Morgan fingerprint density at radius 2 is 1.47 bits per heavy atom. The first-order chi connectivity index (χ1) is 7.41. The van der Waals surface area contributed by atoms with Crippen molar-refractivity contribution in [3.8, 4) is 0 Å². The minimum Gasteiger partial charge on any atom is -0.0885 e. The second-order valence-corrected chi connectivity index (χ2v) is 3.43. The van der Waals surface area contributed by atoms with Crippen molar-refractivity contribution >= 4 is 0 Å². The van der Waals surface area contributed by atoms with Crippen molar-refractivity contribution in [2.75, 3.05) is 0 Å². The lowest BCUT2D eigenvalue weighted by molar-refractivity contribution is 0.811. The molecule has 0 nitrogen and oxygen atoms in total. The van der Waals surface area contributed by atoms with Gasteiger partial charge in [0.1, 0.15) is 0 Å². The fraction of sp³-hybridized carbons (Fsp3) is 0.400. The molecule has 0 unspecified atom stereocenters. The maximum atomic E-state index is 3.60. The van der Waals surface area contributed by atoms with E-state index in [1.54, 1.807) is 6.08 Å². The summed E-state index contributed by atoms with van der Waals surface area (Å²) >= 11 is 0. The number of allylic oxidation sites excluding steroid dienone is 8. The van der Waals surface area contributed by atoms with Gasteiger partial charge in [-0.1, -0.05) is 68.4 Å². The first-order valence-corrected chi connectivity index (χ1v) is 5.84. The highest BCUT2D eigenvalue weighted by Gasteiger charge is 1.78. The van der Waals surface area contributed by atoms with Gasteiger partial charge in [0.15, 0.2) is 0 Å². The minimum absolute atomic E-state index is 1.13. The van der Waals surface area contributed by atoms with Crippen molar-refractivity contribution in [2.24, 2.45) is 0 Å². The standard InChI is InChI=1S/C15H23/c1-3-5-7-9-11-13-15-14-12-10-8-6-4-2/h3,5,7,9-13H,1,4,6,8,14-15H2,2H3. The molecule has 0 saturated carbocycles. The largest absolute Gasteiger partial charge is 0.0885 e. The van der Waals surface area contributed by atoms with Crippen LogP contribution in [0.25, 0.3) is 0 Å². The molecular formula is C15H23. The Hall–Kier alpha value is -1.04. The molecule has 15 heavy (non-hydrogen) atoms. The molecule has 0 saturated heterocycles. The van der Waals surface area contributed by atoms with E-state index in [4.69, 9.17) is 0 Å². The highest BCUT2D eigenvalue weighted by atomic mass is 13.8. The second kappa shape index (κ2) is 13.0. The summed E-state index contributed by atoms with van der Waals surface area (Å²) < 4.78 is 0. The van der Waals surface area contributed by atoms with Crippen molar-refractivity contribution in [3.63, 3.8) is 0 Å². The van der Waals surface area contributed by atoms with Crippen molar-refractivity contribution in [1.82, 2.24) is 0 Å². The van der Waals surface area contributed by atoms with Gasteiger partial charge in [-0.25, -0.2) is 0 Å². The summed E-state index contributed by atoms with van der Waals surface area (Å²) in [6.45, 7) is 5.83. The van der Waals surface area contributed by atoms with Crippen LogP contribution < -0.4 is 0 Å². The molecule has 1 radical (unpaired) electrons. The van der Waals surface area contributed by atoms with Crippen LogP contribution in [0.15, 0.2) is 48.6 Å². The maximum absolute atomic E-state index is 3.60. The van der Waals surface area contributed by atoms with E-state index in [0.717, 1.165) is 12.8 Å². The molecule has 0 amide bonds. The Bertz CT molecular complexity index is 216. The minimum atomic E-state index is 1.13. The highest BCUT2D eigenvalue weighted by molar-refractivity contribution is 5.11. The zero-order valence-electron chi connectivity index (χ0n) is 9.86. The fourth-order valence-electron chi connectivity index (χ4n) is 1.13. The van der Waals surface area contributed by atoms with Gasteiger partial charge in [-0.05, 0) is 26.2 Å². The molecule has 0 fully saturated rings. The summed E-state index contributed by atoms with van der Waals surface area (Å²) in [5, 5.41) is 0. The number of unbranched alkanes of at least 4 members (excludes halogenated alkanes) is 3. The summed E-state index contributed by atoms with van der Waals surface area (Å²) in [6, 6.07) is 0. The number of rotatable bonds is 8. The Morgan fingerprint density at radius 3 is 2.20 bits per heavy atom. The third-order valence-electron chi connectivity index (χ3n) is 2.00. The number of hydrogen-bond acceptors (Lipinski definition) is 0. The smallest absolute Gasteiger partial charge is 0.0313 e. The molecule has 0 bridgehead atoms. The number of hydrogen-bond donors (Lipinski definition) is 0. The van der Waals surface area contributed by atoms with E-state index in [0.29, 0.717) is 0 Å². The van der Waals surface area contributed by atoms with E-state index >= 15 is 0 Å². The van der Waals surface area contributed by atoms with Gasteiger partial charge in [-0.3, -0.25) is 0 Å². The molecule has 0 aromatic heterocycles. The van der Waals surface area contributed by atoms with Crippen LogP contribution in [0.2, 0.25) is 0 Å². The zero-order valence-corrected chi connectivity index (χ0v) is 9.86. The molecular weight excluding hydrogens is 180 g/mol. The van der Waals surface area contributed by atoms with Gasteiger partial charge in [0, 0.05) is 0 Å². The van der Waals surface area contributed by atoms with Crippen molar-refractivity contribution < 1.29 is 0 Å². The maximum Gasteiger partial charge on any atom is -0.0313 e. The average Bonchev–Trinajstić information content (AvgIpc) is 2.26. The molecule has 0 aromatic rings. The van der Waals surface area contributed by atoms with Gasteiger partial charge in [-0.15, -0.1) is 0 Å². The van der Waals surface area contributed by atoms with Crippen molar-refractivity contribution in [3.05, 3.63) is 55.5 Å². The predicted octanol–water partition coefficient (Wildman–Crippen LogP) is 5.02. The van der Waals surface area contributed by atoms with Crippen LogP contribution in [-0.4, -0.2) is 0 Å². The van der Waals surface area contributed by atoms with E-state index in [9.17, 15) is 0 Å². The van der Waals surface area contributed by atoms with E-state index in [2.05, 4.69) is 38.2 Å². The van der Waals surface area contributed by atoms with Crippen LogP contribution >= 0.6 is 0 Å². The van der Waals surface area contributed by atoms with E-state index in [1.165, 1.54) is 19.3 Å². The topological polar surface area (TPSA) is 0 Å². The molecule has 0 atom stereocenters. The van der Waals surface area contributed by atoms with Crippen molar-refractivity contribution in [1.29, 1.82) is 0 Å². The second-order valence-electron chi connectivity index (χ2n) is 3.43. The first-order valence-electron chi connectivity index (χ1n) is 5.84. The van der Waals surface area contributed by atoms with E-state index in [-0.39, 0.29) is 0 Å². The molecule has 0 N–H and O–H groups in total. The van der Waals surface area contributed by atoms with Crippen LogP contribution in [-0.2, 0) is 0 Å². The molecule has 83 valence electrons. The highest BCUT2D eigenvalue weighted by Crippen LogP contribution is 1.98. The SMILES string of the molecule is [CH2]C=CC=CC=CCCC=CCCCC. The van der Waals surface area contributed by atoms with Crippen molar-refractivity contribution in [2.45, 2.75) is 39.0 Å². The van der Waals surface area contributed by atoms with Crippen LogP contribution in [0.4, 0.5) is 0 Å². The average molecular weight is 203 g/mol. The zero-order chi connectivity index (χ0) is 11.2. The predicted molar refractivity (Wildman–Crippen MR) is 70.7 cm³/mol. The monoisotopic (exact) mass is 203 g/mol. The van der Waals surface area contributed by atoms with Crippen LogP contribution in [0.5, 0.6) is 0 Å². The normalized spacial score (nSPS) is 12.9. The quantitative estimate of drug-likeness (QED) is 0.295. The molecule has 0 aromatic carbocycles. The Kier molecular flexibility index (Phi) is 12.1. The van der Waals surface area contributed by atoms with Gasteiger partial charge >= 0.3 is 0 Å². The fourth-order valence-corrected chi connectivity index (χ4v) is 1.13. The lowest BCUT2D eigenvalue weighted by Crippen LogP contribution is -1.68. The van der Waals surface area contributed by atoms with Gasteiger partial charge in [0.25, 0.3) is 0 Å². The van der Waals surface area contributed by atoms with Gasteiger partial charge in [-0.2, -0.15) is 0 Å². The summed E-state index contributed by atoms with van der Waals surface area (Å²) in [6.07, 6.45) is 22.7. The molecule has 0 heterocycles. The van der Waals surface area contributed by atoms with Crippen LogP contribution in [0, 0.1) is 6.92 Å². The lowest BCUT2D eigenvalue weighted by atomic mass is 10.2. The van der Waals surface area contributed by atoms with Gasteiger partial charge in [0.2, 0.25) is 0 Å². The Balaban J connectivity index is 3.33. The van der Waals surface area contributed by atoms with Crippen LogP contribution in [0.3, 0.4) is 0 Å².